The van der Waals surface area contributed by atoms with Crippen molar-refractivity contribution in [1.29, 1.82) is 0 Å². The molecule has 0 saturated carbocycles. The van der Waals surface area contributed by atoms with Gasteiger partial charge in [0.15, 0.2) is 0 Å². The van der Waals surface area contributed by atoms with Gasteiger partial charge in [0.05, 0.1) is 0 Å². The van der Waals surface area contributed by atoms with Crippen LogP contribution in [-0.2, 0) is 6.42 Å². The molecule has 100 valence electrons. The Labute approximate surface area is 115 Å². The van der Waals surface area contributed by atoms with Crippen molar-refractivity contribution < 1.29 is 4.74 Å². The highest BCUT2D eigenvalue weighted by Gasteiger charge is 2.01. The van der Waals surface area contributed by atoms with Crippen LogP contribution in [-0.4, -0.2) is 6.54 Å². The average Bonchev–Trinajstić information content (AvgIpc) is 2.40. The van der Waals surface area contributed by atoms with Gasteiger partial charge < -0.3 is 10.5 Å². The second-order valence-corrected chi connectivity index (χ2v) is 5.01. The molecule has 2 rings (SSSR count). The van der Waals surface area contributed by atoms with E-state index in [1.54, 1.807) is 0 Å². The van der Waals surface area contributed by atoms with E-state index in [1.165, 1.54) is 11.1 Å². The number of hydrogen-bond donors (Lipinski definition) is 1. The SMILES string of the molecule is CC(C)c1ccc(Oc2cccc(CCN)c2)cc1. The van der Waals surface area contributed by atoms with E-state index in [4.69, 9.17) is 10.5 Å². The second kappa shape index (κ2) is 6.39. The minimum Gasteiger partial charge on any atom is -0.457 e. The molecule has 2 aromatic carbocycles. The van der Waals surface area contributed by atoms with Crippen molar-refractivity contribution >= 4 is 0 Å². The second-order valence-electron chi connectivity index (χ2n) is 5.01. The highest BCUT2D eigenvalue weighted by atomic mass is 16.5. The number of ether oxygens (including phenoxy) is 1. The van der Waals surface area contributed by atoms with Gasteiger partial charge in [-0.3, -0.25) is 0 Å². The van der Waals surface area contributed by atoms with Gasteiger partial charge in [-0.25, -0.2) is 0 Å². The van der Waals surface area contributed by atoms with Gasteiger partial charge in [-0.15, -0.1) is 0 Å². The van der Waals surface area contributed by atoms with Crippen LogP contribution >= 0.6 is 0 Å². The van der Waals surface area contributed by atoms with Gasteiger partial charge in [0.25, 0.3) is 0 Å². The molecule has 0 aliphatic rings. The van der Waals surface area contributed by atoms with Crippen LogP contribution in [0.1, 0.15) is 30.9 Å². The maximum atomic E-state index is 5.86. The number of rotatable bonds is 5. The van der Waals surface area contributed by atoms with Crippen molar-refractivity contribution in [2.45, 2.75) is 26.2 Å². The van der Waals surface area contributed by atoms with Crippen LogP contribution in [0.25, 0.3) is 0 Å². The van der Waals surface area contributed by atoms with E-state index in [9.17, 15) is 0 Å². The Hall–Kier alpha value is -1.80. The Morgan fingerprint density at radius 2 is 1.74 bits per heavy atom. The fourth-order valence-electron chi connectivity index (χ4n) is 1.99. The Morgan fingerprint density at radius 3 is 2.37 bits per heavy atom. The Balaban J connectivity index is 2.10. The first-order valence-electron chi connectivity index (χ1n) is 6.76. The minimum atomic E-state index is 0.543. The quantitative estimate of drug-likeness (QED) is 0.872. The average molecular weight is 255 g/mol. The molecule has 0 amide bonds. The van der Waals surface area contributed by atoms with Crippen LogP contribution in [0.2, 0.25) is 0 Å². The van der Waals surface area contributed by atoms with Crippen LogP contribution in [0, 0.1) is 0 Å². The molecule has 0 aliphatic carbocycles. The molecule has 2 nitrogen and oxygen atoms in total. The predicted octanol–water partition coefficient (Wildman–Crippen LogP) is 4.10. The highest BCUT2D eigenvalue weighted by molar-refractivity contribution is 5.35. The monoisotopic (exact) mass is 255 g/mol. The first-order valence-corrected chi connectivity index (χ1v) is 6.76. The van der Waals surface area contributed by atoms with Crippen molar-refractivity contribution in [1.82, 2.24) is 0 Å². The summed E-state index contributed by atoms with van der Waals surface area (Å²) in [5.74, 6) is 2.28. The van der Waals surface area contributed by atoms with E-state index in [0.29, 0.717) is 12.5 Å². The summed E-state index contributed by atoms with van der Waals surface area (Å²) in [5.41, 5.74) is 8.10. The molecule has 0 radical (unpaired) electrons. The smallest absolute Gasteiger partial charge is 0.127 e. The number of hydrogen-bond acceptors (Lipinski definition) is 2. The van der Waals surface area contributed by atoms with Gasteiger partial charge in [-0.2, -0.15) is 0 Å². The molecule has 0 saturated heterocycles. The zero-order chi connectivity index (χ0) is 13.7. The van der Waals surface area contributed by atoms with Crippen molar-refractivity contribution in [2.75, 3.05) is 6.54 Å². The Kier molecular flexibility index (Phi) is 4.58. The zero-order valence-electron chi connectivity index (χ0n) is 11.6. The summed E-state index contributed by atoms with van der Waals surface area (Å²) in [5, 5.41) is 0. The fourth-order valence-corrected chi connectivity index (χ4v) is 1.99. The van der Waals surface area contributed by atoms with E-state index in [0.717, 1.165) is 17.9 Å². The van der Waals surface area contributed by atoms with Gasteiger partial charge in [0.2, 0.25) is 0 Å². The van der Waals surface area contributed by atoms with Crippen molar-refractivity contribution in [3.05, 3.63) is 59.7 Å². The summed E-state index contributed by atoms with van der Waals surface area (Å²) < 4.78 is 5.86. The van der Waals surface area contributed by atoms with Gasteiger partial charge >= 0.3 is 0 Å². The van der Waals surface area contributed by atoms with Crippen LogP contribution in [0.5, 0.6) is 11.5 Å². The van der Waals surface area contributed by atoms with Gasteiger partial charge in [-0.05, 0) is 54.3 Å². The van der Waals surface area contributed by atoms with Gasteiger partial charge in [-0.1, -0.05) is 38.1 Å². The third-order valence-corrected chi connectivity index (χ3v) is 3.11. The molecule has 2 heteroatoms. The first kappa shape index (κ1) is 13.6. The Bertz CT molecular complexity index is 517. The lowest BCUT2D eigenvalue weighted by Gasteiger charge is -2.09. The van der Waals surface area contributed by atoms with Crippen molar-refractivity contribution in [3.63, 3.8) is 0 Å². The van der Waals surface area contributed by atoms with E-state index < -0.39 is 0 Å². The molecular formula is C17H21NO. The highest BCUT2D eigenvalue weighted by Crippen LogP contribution is 2.24. The number of benzene rings is 2. The van der Waals surface area contributed by atoms with Gasteiger partial charge in [0.1, 0.15) is 11.5 Å². The standard InChI is InChI=1S/C17H21NO/c1-13(2)15-6-8-16(9-7-15)19-17-5-3-4-14(12-17)10-11-18/h3-9,12-13H,10-11,18H2,1-2H3. The molecule has 19 heavy (non-hydrogen) atoms. The molecule has 0 unspecified atom stereocenters. The molecule has 2 aromatic rings. The molecule has 0 spiro atoms. The van der Waals surface area contributed by atoms with Crippen LogP contribution in [0.15, 0.2) is 48.5 Å². The van der Waals surface area contributed by atoms with Crippen molar-refractivity contribution in [3.8, 4) is 11.5 Å². The van der Waals surface area contributed by atoms with Crippen LogP contribution in [0.4, 0.5) is 0 Å². The molecule has 0 atom stereocenters. The van der Waals surface area contributed by atoms with Crippen LogP contribution in [0.3, 0.4) is 0 Å². The lowest BCUT2D eigenvalue weighted by molar-refractivity contribution is 0.481. The third-order valence-electron chi connectivity index (χ3n) is 3.11. The van der Waals surface area contributed by atoms with Crippen molar-refractivity contribution in [2.24, 2.45) is 5.73 Å². The summed E-state index contributed by atoms with van der Waals surface area (Å²) in [6.07, 6.45) is 0.878. The Morgan fingerprint density at radius 1 is 1.00 bits per heavy atom. The maximum absolute atomic E-state index is 5.86. The van der Waals surface area contributed by atoms with Crippen LogP contribution < -0.4 is 10.5 Å². The summed E-state index contributed by atoms with van der Waals surface area (Å²) >= 11 is 0. The molecule has 0 fully saturated rings. The molecule has 0 heterocycles. The summed E-state index contributed by atoms with van der Waals surface area (Å²) in [6.45, 7) is 5.03. The molecule has 0 aliphatic heterocycles. The molecule has 0 bridgehead atoms. The third kappa shape index (κ3) is 3.83. The first-order chi connectivity index (χ1) is 9.19. The fraction of sp³-hybridized carbons (Fsp3) is 0.294. The summed E-state index contributed by atoms with van der Waals surface area (Å²) in [6, 6.07) is 16.4. The molecular weight excluding hydrogens is 234 g/mol. The largest absolute Gasteiger partial charge is 0.457 e. The van der Waals surface area contributed by atoms with Gasteiger partial charge in [0, 0.05) is 0 Å². The topological polar surface area (TPSA) is 35.2 Å². The van der Waals surface area contributed by atoms with E-state index in [1.807, 2.05) is 30.3 Å². The van der Waals surface area contributed by atoms with E-state index in [-0.39, 0.29) is 0 Å². The summed E-state index contributed by atoms with van der Waals surface area (Å²) in [4.78, 5) is 0. The minimum absolute atomic E-state index is 0.543. The maximum Gasteiger partial charge on any atom is 0.127 e. The molecule has 2 N–H and O–H groups in total. The summed E-state index contributed by atoms with van der Waals surface area (Å²) in [7, 11) is 0. The lowest BCUT2D eigenvalue weighted by Crippen LogP contribution is -2.02. The normalized spacial score (nSPS) is 10.7. The predicted molar refractivity (Wildman–Crippen MR) is 79.8 cm³/mol. The lowest BCUT2D eigenvalue weighted by atomic mass is 10.0. The van der Waals surface area contributed by atoms with E-state index >= 15 is 0 Å². The van der Waals surface area contributed by atoms with E-state index in [2.05, 4.69) is 32.0 Å². The number of nitrogens with two attached hydrogens (primary N) is 1. The zero-order valence-corrected chi connectivity index (χ0v) is 11.6. The molecule has 0 aromatic heterocycles.